The van der Waals surface area contributed by atoms with Crippen LogP contribution in [-0.4, -0.2) is 28.1 Å². The minimum atomic E-state index is -0.111. The fourth-order valence-corrected chi connectivity index (χ4v) is 2.95. The van der Waals surface area contributed by atoms with E-state index in [-0.39, 0.29) is 24.4 Å². The van der Waals surface area contributed by atoms with Gasteiger partial charge in [0.15, 0.2) is 0 Å². The third-order valence-electron chi connectivity index (χ3n) is 4.36. The molecule has 0 spiro atoms. The zero-order chi connectivity index (χ0) is 18.0. The first-order valence-electron chi connectivity index (χ1n) is 8.39. The fraction of sp³-hybridized carbons (Fsp3) is 0.389. The van der Waals surface area contributed by atoms with Crippen molar-refractivity contribution in [1.82, 2.24) is 15.1 Å². The summed E-state index contributed by atoms with van der Waals surface area (Å²) in [5.41, 5.74) is 3.98. The van der Waals surface area contributed by atoms with Gasteiger partial charge in [-0.25, -0.2) is 0 Å². The molecule has 1 atom stereocenters. The number of fused-ring (bicyclic) bond motifs is 1. The van der Waals surface area contributed by atoms with Gasteiger partial charge in [-0.3, -0.25) is 14.3 Å². The van der Waals surface area contributed by atoms with Gasteiger partial charge in [-0.15, -0.1) is 0 Å². The lowest BCUT2D eigenvalue weighted by Gasteiger charge is -2.20. The van der Waals surface area contributed by atoms with Crippen LogP contribution in [0.2, 0.25) is 0 Å². The van der Waals surface area contributed by atoms with Crippen LogP contribution in [0.1, 0.15) is 36.2 Å². The summed E-state index contributed by atoms with van der Waals surface area (Å²) in [6.07, 6.45) is 1.27. The molecule has 132 valence electrons. The van der Waals surface area contributed by atoms with Crippen LogP contribution in [0.5, 0.6) is 0 Å². The number of carbonyl (C=O) groups excluding carboxylic acids is 2. The first-order valence-corrected chi connectivity index (χ1v) is 8.39. The van der Waals surface area contributed by atoms with E-state index in [1.165, 1.54) is 0 Å². The van der Waals surface area contributed by atoms with Gasteiger partial charge < -0.3 is 16.0 Å². The Labute approximate surface area is 146 Å². The Morgan fingerprint density at radius 2 is 2.16 bits per heavy atom. The molecule has 0 saturated heterocycles. The summed E-state index contributed by atoms with van der Waals surface area (Å²) in [4.78, 5) is 23.5. The third-order valence-corrected chi connectivity index (χ3v) is 4.36. The van der Waals surface area contributed by atoms with Crippen LogP contribution >= 0.6 is 0 Å². The average Bonchev–Trinajstić information content (AvgIpc) is 2.89. The largest absolute Gasteiger partial charge is 0.326 e. The SMILES string of the molecule is Cc1cc(NC(=O)CN[C@@H](C)c2ccc3c(c2)CCC(=O)N3)n(C)n1. The Kier molecular flexibility index (Phi) is 4.85. The highest BCUT2D eigenvalue weighted by Gasteiger charge is 2.16. The van der Waals surface area contributed by atoms with Gasteiger partial charge >= 0.3 is 0 Å². The molecule has 1 aliphatic heterocycles. The number of anilines is 2. The fourth-order valence-electron chi connectivity index (χ4n) is 2.95. The van der Waals surface area contributed by atoms with Crippen molar-refractivity contribution in [3.63, 3.8) is 0 Å². The molecule has 0 aliphatic carbocycles. The molecule has 2 aromatic rings. The molecule has 7 heteroatoms. The van der Waals surface area contributed by atoms with Gasteiger partial charge in [0.25, 0.3) is 0 Å². The molecule has 7 nitrogen and oxygen atoms in total. The van der Waals surface area contributed by atoms with Gasteiger partial charge in [-0.1, -0.05) is 12.1 Å². The minimum absolute atomic E-state index is 0.0296. The van der Waals surface area contributed by atoms with Gasteiger partial charge in [0.2, 0.25) is 11.8 Å². The second kappa shape index (κ2) is 7.06. The number of rotatable bonds is 5. The van der Waals surface area contributed by atoms with Crippen LogP contribution in [0, 0.1) is 6.92 Å². The Hall–Kier alpha value is -2.67. The highest BCUT2D eigenvalue weighted by molar-refractivity contribution is 5.94. The second-order valence-electron chi connectivity index (χ2n) is 6.41. The van der Waals surface area contributed by atoms with Crippen LogP contribution in [0.15, 0.2) is 24.3 Å². The maximum atomic E-state index is 12.1. The molecule has 0 unspecified atom stereocenters. The summed E-state index contributed by atoms with van der Waals surface area (Å²) in [6, 6.07) is 7.86. The Morgan fingerprint density at radius 3 is 2.88 bits per heavy atom. The molecule has 3 N–H and O–H groups in total. The zero-order valence-electron chi connectivity index (χ0n) is 14.7. The van der Waals surface area contributed by atoms with Crippen LogP contribution in [-0.2, 0) is 23.1 Å². The Morgan fingerprint density at radius 1 is 1.36 bits per heavy atom. The van der Waals surface area contributed by atoms with E-state index in [0.29, 0.717) is 12.2 Å². The van der Waals surface area contributed by atoms with Crippen molar-refractivity contribution >= 4 is 23.3 Å². The van der Waals surface area contributed by atoms with Gasteiger partial charge in [0.05, 0.1) is 12.2 Å². The third kappa shape index (κ3) is 4.06. The van der Waals surface area contributed by atoms with Crippen molar-refractivity contribution in [2.45, 2.75) is 32.7 Å². The number of nitrogens with one attached hydrogen (secondary N) is 3. The van der Waals surface area contributed by atoms with E-state index in [4.69, 9.17) is 0 Å². The molecule has 0 bridgehead atoms. The van der Waals surface area contributed by atoms with E-state index in [1.807, 2.05) is 32.0 Å². The van der Waals surface area contributed by atoms with E-state index in [2.05, 4.69) is 27.1 Å². The topological polar surface area (TPSA) is 88.0 Å². The molecule has 3 rings (SSSR count). The summed E-state index contributed by atoms with van der Waals surface area (Å²) in [7, 11) is 1.80. The van der Waals surface area contributed by atoms with Gasteiger partial charge in [-0.2, -0.15) is 5.10 Å². The van der Waals surface area contributed by atoms with Crippen LogP contribution in [0.4, 0.5) is 11.5 Å². The molecular weight excluding hydrogens is 318 g/mol. The lowest BCUT2D eigenvalue weighted by Crippen LogP contribution is -2.30. The summed E-state index contributed by atoms with van der Waals surface area (Å²) in [6.45, 7) is 4.11. The maximum absolute atomic E-state index is 12.1. The smallest absolute Gasteiger partial charge is 0.239 e. The maximum Gasteiger partial charge on any atom is 0.239 e. The molecule has 2 amide bonds. The predicted octanol–water partition coefficient (Wildman–Crippen LogP) is 1.90. The summed E-state index contributed by atoms with van der Waals surface area (Å²) in [5.74, 6) is 0.634. The van der Waals surface area contributed by atoms with Crippen molar-refractivity contribution in [2.24, 2.45) is 7.05 Å². The van der Waals surface area contributed by atoms with E-state index >= 15 is 0 Å². The number of benzene rings is 1. The number of aryl methyl sites for hydroxylation is 3. The summed E-state index contributed by atoms with van der Waals surface area (Å²) < 4.78 is 1.65. The quantitative estimate of drug-likeness (QED) is 0.775. The molecule has 0 saturated carbocycles. The first kappa shape index (κ1) is 17.2. The zero-order valence-corrected chi connectivity index (χ0v) is 14.7. The molecule has 0 radical (unpaired) electrons. The van der Waals surface area contributed by atoms with E-state index in [9.17, 15) is 9.59 Å². The molecule has 1 aromatic heterocycles. The Bertz CT molecular complexity index is 812. The molecule has 0 fully saturated rings. The van der Waals surface area contributed by atoms with Crippen molar-refractivity contribution in [1.29, 1.82) is 0 Å². The molecule has 1 aliphatic rings. The van der Waals surface area contributed by atoms with Gasteiger partial charge in [0.1, 0.15) is 5.82 Å². The number of hydrogen-bond acceptors (Lipinski definition) is 4. The molecule has 25 heavy (non-hydrogen) atoms. The van der Waals surface area contributed by atoms with Crippen molar-refractivity contribution in [3.8, 4) is 0 Å². The van der Waals surface area contributed by atoms with Crippen LogP contribution in [0.3, 0.4) is 0 Å². The number of carbonyl (C=O) groups is 2. The monoisotopic (exact) mass is 341 g/mol. The summed E-state index contributed by atoms with van der Waals surface area (Å²) >= 11 is 0. The molecule has 1 aromatic carbocycles. The van der Waals surface area contributed by atoms with E-state index in [1.54, 1.807) is 11.7 Å². The van der Waals surface area contributed by atoms with Crippen molar-refractivity contribution in [3.05, 3.63) is 41.1 Å². The van der Waals surface area contributed by atoms with Crippen molar-refractivity contribution in [2.75, 3.05) is 17.2 Å². The number of nitrogens with zero attached hydrogens (tertiary/aromatic N) is 2. The number of aromatic nitrogens is 2. The summed E-state index contributed by atoms with van der Waals surface area (Å²) in [5, 5.41) is 13.2. The molecule has 2 heterocycles. The lowest BCUT2D eigenvalue weighted by atomic mass is 9.98. The van der Waals surface area contributed by atoms with Crippen LogP contribution in [0.25, 0.3) is 0 Å². The minimum Gasteiger partial charge on any atom is -0.326 e. The van der Waals surface area contributed by atoms with E-state index in [0.717, 1.165) is 28.9 Å². The van der Waals surface area contributed by atoms with Crippen molar-refractivity contribution < 1.29 is 9.59 Å². The predicted molar refractivity (Wildman–Crippen MR) is 96.4 cm³/mol. The van der Waals surface area contributed by atoms with E-state index < -0.39 is 0 Å². The number of amides is 2. The van der Waals surface area contributed by atoms with Gasteiger partial charge in [-0.05, 0) is 37.5 Å². The normalized spacial score (nSPS) is 14.6. The first-order chi connectivity index (χ1) is 11.9. The lowest BCUT2D eigenvalue weighted by molar-refractivity contribution is -0.116. The van der Waals surface area contributed by atoms with Crippen LogP contribution < -0.4 is 16.0 Å². The average molecular weight is 341 g/mol. The highest BCUT2D eigenvalue weighted by Crippen LogP contribution is 2.26. The standard InChI is InChI=1S/C18H23N5O2/c1-11-8-16(23(3)22-11)21-18(25)10-19-12(2)13-4-6-15-14(9-13)5-7-17(24)20-15/h4,6,8-9,12,19H,5,7,10H2,1-3H3,(H,20,24)(H,21,25)/t12-/m0/s1. The second-order valence-corrected chi connectivity index (χ2v) is 6.41. The van der Waals surface area contributed by atoms with Gasteiger partial charge in [0, 0.05) is 31.3 Å². The number of hydrogen-bond donors (Lipinski definition) is 3. The Balaban J connectivity index is 1.57. The highest BCUT2D eigenvalue weighted by atomic mass is 16.2. The molecular formula is C18H23N5O2.